The topological polar surface area (TPSA) is 75.3 Å². The SMILES string of the molecule is CCNC(=NCc1ccon1)NCCc1ccc(Cl)nc1. The Kier molecular flexibility index (Phi) is 6.02. The van der Waals surface area contributed by atoms with Gasteiger partial charge in [0.2, 0.25) is 0 Å². The zero-order valence-corrected chi connectivity index (χ0v) is 12.6. The van der Waals surface area contributed by atoms with Gasteiger partial charge in [0.25, 0.3) is 0 Å². The Labute approximate surface area is 128 Å². The van der Waals surface area contributed by atoms with Crippen LogP contribution in [0.2, 0.25) is 5.15 Å². The summed E-state index contributed by atoms with van der Waals surface area (Å²) in [5.74, 6) is 0.752. The largest absolute Gasteiger partial charge is 0.364 e. The van der Waals surface area contributed by atoms with Gasteiger partial charge in [-0.25, -0.2) is 9.98 Å². The molecule has 0 amide bonds. The van der Waals surface area contributed by atoms with Gasteiger partial charge in [-0.3, -0.25) is 0 Å². The van der Waals surface area contributed by atoms with Crippen LogP contribution in [-0.2, 0) is 13.0 Å². The maximum Gasteiger partial charge on any atom is 0.191 e. The van der Waals surface area contributed by atoms with Crippen molar-refractivity contribution in [1.29, 1.82) is 0 Å². The number of rotatable bonds is 6. The van der Waals surface area contributed by atoms with Crippen LogP contribution in [0.4, 0.5) is 0 Å². The number of pyridine rings is 1. The monoisotopic (exact) mass is 307 g/mol. The summed E-state index contributed by atoms with van der Waals surface area (Å²) in [5.41, 5.74) is 1.92. The molecule has 2 heterocycles. The first-order valence-electron chi connectivity index (χ1n) is 6.80. The number of halogens is 1. The number of aromatic nitrogens is 2. The van der Waals surface area contributed by atoms with Crippen LogP contribution < -0.4 is 10.6 Å². The quantitative estimate of drug-likeness (QED) is 0.485. The van der Waals surface area contributed by atoms with Gasteiger partial charge in [-0.05, 0) is 25.0 Å². The summed E-state index contributed by atoms with van der Waals surface area (Å²) in [7, 11) is 0. The molecule has 0 fully saturated rings. The van der Waals surface area contributed by atoms with Crippen LogP contribution in [0.15, 0.2) is 40.2 Å². The Balaban J connectivity index is 1.82. The van der Waals surface area contributed by atoms with E-state index in [1.54, 1.807) is 24.6 Å². The molecule has 112 valence electrons. The molecule has 21 heavy (non-hydrogen) atoms. The van der Waals surface area contributed by atoms with E-state index in [0.29, 0.717) is 11.7 Å². The highest BCUT2D eigenvalue weighted by Gasteiger charge is 2.00. The van der Waals surface area contributed by atoms with E-state index in [4.69, 9.17) is 16.1 Å². The van der Waals surface area contributed by atoms with Gasteiger partial charge in [0.05, 0.1) is 6.54 Å². The molecular formula is C14H18ClN5O. The summed E-state index contributed by atoms with van der Waals surface area (Å²) in [6, 6.07) is 5.56. The molecule has 0 radical (unpaired) electrons. The fourth-order valence-electron chi connectivity index (χ4n) is 1.70. The number of hydrogen-bond donors (Lipinski definition) is 2. The molecule has 0 aliphatic carbocycles. The van der Waals surface area contributed by atoms with Gasteiger partial charge in [0.15, 0.2) is 5.96 Å². The molecule has 2 aromatic heterocycles. The van der Waals surface area contributed by atoms with E-state index in [2.05, 4.69) is 25.8 Å². The van der Waals surface area contributed by atoms with Gasteiger partial charge >= 0.3 is 0 Å². The third-order valence-electron chi connectivity index (χ3n) is 2.73. The van der Waals surface area contributed by atoms with Crippen molar-refractivity contribution in [3.63, 3.8) is 0 Å². The molecule has 0 saturated heterocycles. The van der Waals surface area contributed by atoms with E-state index >= 15 is 0 Å². The first-order chi connectivity index (χ1) is 10.3. The number of guanidine groups is 1. The van der Waals surface area contributed by atoms with E-state index in [0.717, 1.165) is 36.7 Å². The van der Waals surface area contributed by atoms with Crippen molar-refractivity contribution in [2.24, 2.45) is 4.99 Å². The van der Waals surface area contributed by atoms with Crippen molar-refractivity contribution in [3.8, 4) is 0 Å². The highest BCUT2D eigenvalue weighted by molar-refractivity contribution is 6.29. The molecular weight excluding hydrogens is 290 g/mol. The number of hydrogen-bond acceptors (Lipinski definition) is 4. The molecule has 7 heteroatoms. The van der Waals surface area contributed by atoms with E-state index < -0.39 is 0 Å². The van der Waals surface area contributed by atoms with E-state index in [1.807, 2.05) is 13.0 Å². The fraction of sp³-hybridized carbons (Fsp3) is 0.357. The van der Waals surface area contributed by atoms with E-state index in [-0.39, 0.29) is 0 Å². The average molecular weight is 308 g/mol. The minimum absolute atomic E-state index is 0.480. The van der Waals surface area contributed by atoms with Gasteiger partial charge in [-0.15, -0.1) is 0 Å². The first kappa shape index (κ1) is 15.3. The number of aliphatic imine (C=N–C) groups is 1. The lowest BCUT2D eigenvalue weighted by molar-refractivity contribution is 0.412. The van der Waals surface area contributed by atoms with Gasteiger partial charge in [-0.1, -0.05) is 22.8 Å². The lowest BCUT2D eigenvalue weighted by Crippen LogP contribution is -2.38. The van der Waals surface area contributed by atoms with Crippen molar-refractivity contribution in [1.82, 2.24) is 20.8 Å². The lowest BCUT2D eigenvalue weighted by Gasteiger charge is -2.10. The molecule has 0 spiro atoms. The third-order valence-corrected chi connectivity index (χ3v) is 2.95. The average Bonchev–Trinajstić information content (AvgIpc) is 3.00. The van der Waals surface area contributed by atoms with E-state index in [1.165, 1.54) is 0 Å². The molecule has 0 saturated carbocycles. The Morgan fingerprint density at radius 2 is 2.24 bits per heavy atom. The van der Waals surface area contributed by atoms with E-state index in [9.17, 15) is 0 Å². The number of nitrogens with zero attached hydrogens (tertiary/aromatic N) is 3. The minimum atomic E-state index is 0.480. The molecule has 0 atom stereocenters. The van der Waals surface area contributed by atoms with Gasteiger partial charge in [0, 0.05) is 25.4 Å². The minimum Gasteiger partial charge on any atom is -0.364 e. The summed E-state index contributed by atoms with van der Waals surface area (Å²) >= 11 is 5.76. The maximum atomic E-state index is 5.76. The van der Waals surface area contributed by atoms with Gasteiger partial charge in [-0.2, -0.15) is 0 Å². The van der Waals surface area contributed by atoms with Crippen LogP contribution in [0.1, 0.15) is 18.2 Å². The van der Waals surface area contributed by atoms with Crippen LogP contribution in [0.25, 0.3) is 0 Å². The van der Waals surface area contributed by atoms with Crippen LogP contribution >= 0.6 is 11.6 Å². The molecule has 0 aliphatic heterocycles. The highest BCUT2D eigenvalue weighted by Crippen LogP contribution is 2.05. The van der Waals surface area contributed by atoms with Crippen molar-refractivity contribution in [2.45, 2.75) is 19.9 Å². The second-order valence-electron chi connectivity index (χ2n) is 4.35. The smallest absolute Gasteiger partial charge is 0.191 e. The molecule has 0 unspecified atom stereocenters. The van der Waals surface area contributed by atoms with Crippen LogP contribution in [0, 0.1) is 0 Å². The molecule has 0 aliphatic rings. The Hall–Kier alpha value is -2.08. The second kappa shape index (κ2) is 8.26. The zero-order valence-electron chi connectivity index (χ0n) is 11.8. The van der Waals surface area contributed by atoms with Crippen molar-refractivity contribution in [3.05, 3.63) is 47.1 Å². The maximum absolute atomic E-state index is 5.76. The first-order valence-corrected chi connectivity index (χ1v) is 7.17. The molecule has 6 nitrogen and oxygen atoms in total. The summed E-state index contributed by atoms with van der Waals surface area (Å²) in [5, 5.41) is 10.8. The predicted octanol–water partition coefficient (Wildman–Crippen LogP) is 2.02. The Morgan fingerprint density at radius 1 is 1.33 bits per heavy atom. The molecule has 0 bridgehead atoms. The Bertz CT molecular complexity index is 553. The second-order valence-corrected chi connectivity index (χ2v) is 4.74. The molecule has 2 aromatic rings. The van der Waals surface area contributed by atoms with Crippen LogP contribution in [0.5, 0.6) is 0 Å². The summed E-state index contributed by atoms with van der Waals surface area (Å²) < 4.78 is 4.78. The highest BCUT2D eigenvalue weighted by atomic mass is 35.5. The summed E-state index contributed by atoms with van der Waals surface area (Å²) in [6.45, 7) is 4.06. The molecule has 0 aromatic carbocycles. The molecule has 2 rings (SSSR count). The molecule has 2 N–H and O–H groups in total. The normalized spacial score (nSPS) is 11.4. The summed E-state index contributed by atoms with van der Waals surface area (Å²) in [6.07, 6.45) is 4.17. The zero-order chi connectivity index (χ0) is 14.9. The van der Waals surface area contributed by atoms with Gasteiger partial charge < -0.3 is 15.2 Å². The predicted molar refractivity (Wildman–Crippen MR) is 82.3 cm³/mol. The summed E-state index contributed by atoms with van der Waals surface area (Å²) in [4.78, 5) is 8.49. The third kappa shape index (κ3) is 5.43. The number of nitrogens with one attached hydrogen (secondary N) is 2. The van der Waals surface area contributed by atoms with Crippen molar-refractivity contribution in [2.75, 3.05) is 13.1 Å². The fourth-order valence-corrected chi connectivity index (χ4v) is 1.81. The van der Waals surface area contributed by atoms with Gasteiger partial charge in [0.1, 0.15) is 17.1 Å². The Morgan fingerprint density at radius 3 is 2.90 bits per heavy atom. The van der Waals surface area contributed by atoms with Crippen LogP contribution in [0.3, 0.4) is 0 Å². The lowest BCUT2D eigenvalue weighted by atomic mass is 10.2. The standard InChI is InChI=1S/C14H18ClN5O/c1-2-16-14(19-10-12-6-8-21-20-12)17-7-5-11-3-4-13(15)18-9-11/h3-4,6,8-9H,2,5,7,10H2,1H3,(H2,16,17,19). The van der Waals surface area contributed by atoms with Crippen molar-refractivity contribution >= 4 is 17.6 Å². The van der Waals surface area contributed by atoms with Crippen LogP contribution in [-0.4, -0.2) is 29.2 Å². The van der Waals surface area contributed by atoms with Crippen molar-refractivity contribution < 1.29 is 4.52 Å².